The first kappa shape index (κ1) is 15.0. The molecule has 3 aromatic heterocycles. The molecule has 4 rings (SSSR count). The van der Waals surface area contributed by atoms with E-state index in [1.54, 1.807) is 6.20 Å². The fraction of sp³-hybridized carbons (Fsp3) is 0.118. The molecular formula is C17H14N6O2. The first-order chi connectivity index (χ1) is 12.3. The van der Waals surface area contributed by atoms with E-state index in [-0.39, 0.29) is 16.7 Å². The van der Waals surface area contributed by atoms with Crippen LogP contribution in [0.1, 0.15) is 6.92 Å². The number of hydrogen-bond acceptors (Lipinski definition) is 6. The molecule has 0 radical (unpaired) electrons. The van der Waals surface area contributed by atoms with Crippen LogP contribution < -0.4 is 10.3 Å². The van der Waals surface area contributed by atoms with Crippen LogP contribution in [0.5, 0.6) is 5.75 Å². The molecule has 0 saturated carbocycles. The fourth-order valence-corrected chi connectivity index (χ4v) is 2.57. The lowest BCUT2D eigenvalue weighted by atomic mass is 10.1. The van der Waals surface area contributed by atoms with Crippen molar-refractivity contribution in [2.45, 2.75) is 6.92 Å². The van der Waals surface area contributed by atoms with E-state index in [9.17, 15) is 4.79 Å². The third-order valence-electron chi connectivity index (χ3n) is 3.69. The maximum Gasteiger partial charge on any atom is 0.281 e. The number of benzene rings is 1. The molecule has 0 atom stereocenters. The zero-order valence-electron chi connectivity index (χ0n) is 13.4. The van der Waals surface area contributed by atoms with Gasteiger partial charge in [-0.1, -0.05) is 12.1 Å². The van der Waals surface area contributed by atoms with Crippen molar-refractivity contribution in [1.82, 2.24) is 30.4 Å². The van der Waals surface area contributed by atoms with Crippen LogP contribution in [-0.2, 0) is 0 Å². The number of aromatic amines is 2. The number of rotatable bonds is 4. The minimum absolute atomic E-state index is 0.173. The first-order valence-corrected chi connectivity index (χ1v) is 7.75. The molecule has 0 aliphatic heterocycles. The summed E-state index contributed by atoms with van der Waals surface area (Å²) in [5, 5.41) is 10.1. The van der Waals surface area contributed by atoms with Crippen molar-refractivity contribution < 1.29 is 4.74 Å². The van der Waals surface area contributed by atoms with Crippen molar-refractivity contribution in [3.05, 3.63) is 52.9 Å². The number of H-pyrrole nitrogens is 2. The van der Waals surface area contributed by atoms with Crippen LogP contribution in [0.3, 0.4) is 0 Å². The van der Waals surface area contributed by atoms with Gasteiger partial charge < -0.3 is 9.72 Å². The van der Waals surface area contributed by atoms with Crippen LogP contribution in [0, 0.1) is 0 Å². The monoisotopic (exact) mass is 334 g/mol. The van der Waals surface area contributed by atoms with E-state index in [1.807, 2.05) is 43.3 Å². The minimum atomic E-state index is -0.356. The highest BCUT2D eigenvalue weighted by atomic mass is 16.5. The second-order valence-corrected chi connectivity index (χ2v) is 5.27. The van der Waals surface area contributed by atoms with Crippen molar-refractivity contribution in [2.75, 3.05) is 6.61 Å². The molecule has 0 amide bonds. The third kappa shape index (κ3) is 2.74. The van der Waals surface area contributed by atoms with E-state index >= 15 is 0 Å². The van der Waals surface area contributed by atoms with Gasteiger partial charge in [-0.05, 0) is 31.2 Å². The van der Waals surface area contributed by atoms with Gasteiger partial charge in [0, 0.05) is 11.8 Å². The van der Waals surface area contributed by atoms with Gasteiger partial charge in [0.15, 0.2) is 5.52 Å². The number of nitrogens with zero attached hydrogens (tertiary/aromatic N) is 4. The van der Waals surface area contributed by atoms with Gasteiger partial charge in [0.1, 0.15) is 11.6 Å². The highest BCUT2D eigenvalue weighted by molar-refractivity contribution is 5.75. The van der Waals surface area contributed by atoms with Crippen molar-refractivity contribution in [3.63, 3.8) is 0 Å². The second-order valence-electron chi connectivity index (χ2n) is 5.27. The number of nitrogens with one attached hydrogen (secondary N) is 2. The molecule has 8 nitrogen and oxygen atoms in total. The van der Waals surface area contributed by atoms with Gasteiger partial charge in [-0.3, -0.25) is 9.78 Å². The van der Waals surface area contributed by atoms with Gasteiger partial charge in [0.05, 0.1) is 17.9 Å². The topological polar surface area (TPSA) is 109 Å². The Bertz CT molecular complexity index is 1090. The average molecular weight is 334 g/mol. The molecular weight excluding hydrogens is 320 g/mol. The lowest BCUT2D eigenvalue weighted by Crippen LogP contribution is -2.10. The number of ether oxygens (including phenoxy) is 1. The number of pyridine rings is 1. The predicted molar refractivity (Wildman–Crippen MR) is 92.1 cm³/mol. The molecule has 4 aromatic rings. The standard InChI is InChI=1S/C17H14N6O2/c1-2-25-13-9-10(12-5-3-4-8-18-12)6-7-11(13)15-19-16-14(17(24)20-15)21-23-22-16/h3-9H,2H2,1H3,(H2,19,20,21,22,23,24). The molecule has 2 N–H and O–H groups in total. The molecule has 0 fully saturated rings. The Kier molecular flexibility index (Phi) is 3.70. The molecule has 0 saturated heterocycles. The number of hydrogen-bond donors (Lipinski definition) is 2. The van der Waals surface area contributed by atoms with Crippen LogP contribution in [0.2, 0.25) is 0 Å². The van der Waals surface area contributed by atoms with Crippen molar-refractivity contribution in [3.8, 4) is 28.4 Å². The Labute approximate surface area is 141 Å². The maximum absolute atomic E-state index is 12.1. The first-order valence-electron chi connectivity index (χ1n) is 7.75. The summed E-state index contributed by atoms with van der Waals surface area (Å²) in [6.07, 6.45) is 1.74. The van der Waals surface area contributed by atoms with Gasteiger partial charge in [0.2, 0.25) is 5.65 Å². The Morgan fingerprint density at radius 3 is 2.88 bits per heavy atom. The Morgan fingerprint density at radius 1 is 1.16 bits per heavy atom. The van der Waals surface area contributed by atoms with E-state index in [0.29, 0.717) is 23.7 Å². The van der Waals surface area contributed by atoms with E-state index in [2.05, 4.69) is 30.4 Å². The SMILES string of the molecule is CCOc1cc(-c2ccccn2)ccc1-c1nc2n[nH]nc2c(=O)[nH]1. The van der Waals surface area contributed by atoms with Gasteiger partial charge in [0.25, 0.3) is 5.56 Å². The molecule has 124 valence electrons. The lowest BCUT2D eigenvalue weighted by Gasteiger charge is -2.11. The predicted octanol–water partition coefficient (Wildman–Crippen LogP) is 2.17. The lowest BCUT2D eigenvalue weighted by molar-refractivity contribution is 0.341. The summed E-state index contributed by atoms with van der Waals surface area (Å²) in [5.74, 6) is 0.985. The minimum Gasteiger partial charge on any atom is -0.493 e. The van der Waals surface area contributed by atoms with Crippen LogP contribution in [0.15, 0.2) is 47.4 Å². The number of aromatic nitrogens is 6. The highest BCUT2D eigenvalue weighted by Gasteiger charge is 2.14. The van der Waals surface area contributed by atoms with E-state index in [0.717, 1.165) is 11.3 Å². The molecule has 0 aliphatic carbocycles. The third-order valence-corrected chi connectivity index (χ3v) is 3.69. The fourth-order valence-electron chi connectivity index (χ4n) is 2.57. The van der Waals surface area contributed by atoms with Crippen molar-refractivity contribution in [1.29, 1.82) is 0 Å². The van der Waals surface area contributed by atoms with E-state index < -0.39 is 0 Å². The van der Waals surface area contributed by atoms with Crippen molar-refractivity contribution >= 4 is 11.2 Å². The largest absolute Gasteiger partial charge is 0.493 e. The van der Waals surface area contributed by atoms with Crippen LogP contribution in [-0.4, -0.2) is 37.0 Å². The van der Waals surface area contributed by atoms with Gasteiger partial charge in [-0.2, -0.15) is 5.21 Å². The van der Waals surface area contributed by atoms with Crippen molar-refractivity contribution in [2.24, 2.45) is 0 Å². The summed E-state index contributed by atoms with van der Waals surface area (Å²) >= 11 is 0. The molecule has 25 heavy (non-hydrogen) atoms. The quantitative estimate of drug-likeness (QED) is 0.592. The van der Waals surface area contributed by atoms with Gasteiger partial charge >= 0.3 is 0 Å². The maximum atomic E-state index is 12.1. The zero-order valence-corrected chi connectivity index (χ0v) is 13.4. The molecule has 0 bridgehead atoms. The zero-order chi connectivity index (χ0) is 17.2. The molecule has 0 spiro atoms. The summed E-state index contributed by atoms with van der Waals surface area (Å²) in [6, 6.07) is 11.4. The Morgan fingerprint density at radius 2 is 2.08 bits per heavy atom. The molecule has 3 heterocycles. The Balaban J connectivity index is 1.86. The van der Waals surface area contributed by atoms with Gasteiger partial charge in [-0.25, -0.2) is 4.98 Å². The second kappa shape index (κ2) is 6.16. The molecule has 0 unspecified atom stereocenters. The van der Waals surface area contributed by atoms with Gasteiger partial charge in [-0.15, -0.1) is 10.2 Å². The van der Waals surface area contributed by atoms with Crippen LogP contribution >= 0.6 is 0 Å². The van der Waals surface area contributed by atoms with E-state index in [1.165, 1.54) is 0 Å². The number of fused-ring (bicyclic) bond motifs is 1. The van der Waals surface area contributed by atoms with Crippen LogP contribution in [0.25, 0.3) is 33.8 Å². The van der Waals surface area contributed by atoms with Crippen LogP contribution in [0.4, 0.5) is 0 Å². The van der Waals surface area contributed by atoms with E-state index in [4.69, 9.17) is 4.74 Å². The molecule has 1 aromatic carbocycles. The summed E-state index contributed by atoms with van der Waals surface area (Å²) in [4.78, 5) is 23.6. The summed E-state index contributed by atoms with van der Waals surface area (Å²) in [7, 11) is 0. The molecule has 0 aliphatic rings. The molecule has 8 heteroatoms. The normalized spacial score (nSPS) is 10.9. The Hall–Kier alpha value is -3.55. The summed E-state index contributed by atoms with van der Waals surface area (Å²) in [5.41, 5.74) is 2.50. The highest BCUT2D eigenvalue weighted by Crippen LogP contribution is 2.32. The summed E-state index contributed by atoms with van der Waals surface area (Å²) in [6.45, 7) is 2.38. The summed E-state index contributed by atoms with van der Waals surface area (Å²) < 4.78 is 5.75. The average Bonchev–Trinajstić information content (AvgIpc) is 3.12. The smallest absolute Gasteiger partial charge is 0.281 e.